The van der Waals surface area contributed by atoms with E-state index < -0.39 is 0 Å². The first kappa shape index (κ1) is 19.8. The summed E-state index contributed by atoms with van der Waals surface area (Å²) in [7, 11) is 5.41. The molecule has 28 heavy (non-hydrogen) atoms. The Kier molecular flexibility index (Phi) is 5.90. The fraction of sp³-hybridized carbons (Fsp3) is 0.273. The van der Waals surface area contributed by atoms with Crippen molar-refractivity contribution in [2.24, 2.45) is 0 Å². The summed E-state index contributed by atoms with van der Waals surface area (Å²) in [6.07, 6.45) is 0. The van der Waals surface area contributed by atoms with E-state index in [0.717, 1.165) is 22.2 Å². The molecule has 0 radical (unpaired) electrons. The minimum absolute atomic E-state index is 0.141. The number of amides is 1. The molecule has 0 fully saturated rings. The van der Waals surface area contributed by atoms with Crippen LogP contribution in [-0.4, -0.2) is 43.5 Å². The van der Waals surface area contributed by atoms with Crippen molar-refractivity contribution in [3.05, 3.63) is 71.2 Å². The number of hydrogen-bond donors (Lipinski definition) is 1. The zero-order valence-electron chi connectivity index (χ0n) is 16.5. The van der Waals surface area contributed by atoms with E-state index in [2.05, 4.69) is 10.3 Å². The number of benzene rings is 2. The quantitative estimate of drug-likeness (QED) is 0.707. The number of nitrogens with one attached hydrogen (secondary N) is 1. The van der Waals surface area contributed by atoms with E-state index in [1.807, 2.05) is 56.3 Å². The molecule has 1 N–H and O–H groups in total. The molecule has 1 aromatic heterocycles. The lowest BCUT2D eigenvalue weighted by Gasteiger charge is -2.25. The SMILES string of the molecule is COc1ccc2cc(C(=O)NCC(c3cccc(F)c3)N(C)C)c(C)nc2c1. The zero-order valence-corrected chi connectivity index (χ0v) is 16.5. The zero-order chi connectivity index (χ0) is 20.3. The molecule has 146 valence electrons. The molecule has 1 heterocycles. The molecule has 3 rings (SSSR count). The number of aryl methyl sites for hydroxylation is 1. The molecule has 3 aromatic rings. The van der Waals surface area contributed by atoms with Crippen molar-refractivity contribution in [1.82, 2.24) is 15.2 Å². The molecular formula is C22H24FN3O2. The van der Waals surface area contributed by atoms with E-state index in [1.165, 1.54) is 12.1 Å². The molecule has 5 nitrogen and oxygen atoms in total. The Morgan fingerprint density at radius 1 is 1.21 bits per heavy atom. The number of fused-ring (bicyclic) bond motifs is 1. The summed E-state index contributed by atoms with van der Waals surface area (Å²) in [5.74, 6) is 0.229. The summed E-state index contributed by atoms with van der Waals surface area (Å²) in [5.41, 5.74) is 2.75. The monoisotopic (exact) mass is 381 g/mol. The van der Waals surface area contributed by atoms with Crippen molar-refractivity contribution < 1.29 is 13.9 Å². The van der Waals surface area contributed by atoms with Gasteiger partial charge in [-0.15, -0.1) is 0 Å². The molecule has 0 saturated carbocycles. The lowest BCUT2D eigenvalue weighted by Crippen LogP contribution is -2.35. The second-order valence-corrected chi connectivity index (χ2v) is 6.92. The molecule has 0 bridgehead atoms. The largest absolute Gasteiger partial charge is 0.497 e. The van der Waals surface area contributed by atoms with Crippen LogP contribution in [0.4, 0.5) is 4.39 Å². The van der Waals surface area contributed by atoms with E-state index in [1.54, 1.807) is 13.2 Å². The number of ether oxygens (including phenoxy) is 1. The van der Waals surface area contributed by atoms with E-state index >= 15 is 0 Å². The van der Waals surface area contributed by atoms with Crippen molar-refractivity contribution in [3.8, 4) is 5.75 Å². The molecule has 0 saturated heterocycles. The Morgan fingerprint density at radius 3 is 2.68 bits per heavy atom. The average molecular weight is 381 g/mol. The number of hydrogen-bond acceptors (Lipinski definition) is 4. The molecule has 0 aliphatic heterocycles. The van der Waals surface area contributed by atoms with Gasteiger partial charge in [0.15, 0.2) is 0 Å². The summed E-state index contributed by atoms with van der Waals surface area (Å²) in [6, 6.07) is 13.7. The van der Waals surface area contributed by atoms with Crippen molar-refractivity contribution in [2.45, 2.75) is 13.0 Å². The van der Waals surface area contributed by atoms with Crippen LogP contribution in [0.25, 0.3) is 10.9 Å². The highest BCUT2D eigenvalue weighted by Gasteiger charge is 2.18. The molecule has 6 heteroatoms. The van der Waals surface area contributed by atoms with Gasteiger partial charge in [0, 0.05) is 18.0 Å². The summed E-state index contributed by atoms with van der Waals surface area (Å²) in [4.78, 5) is 19.3. The minimum atomic E-state index is -0.291. The Balaban J connectivity index is 1.80. The maximum atomic E-state index is 13.6. The third-order valence-corrected chi connectivity index (χ3v) is 4.77. The summed E-state index contributed by atoms with van der Waals surface area (Å²) in [6.45, 7) is 2.17. The number of pyridine rings is 1. The van der Waals surface area contributed by atoms with Crippen molar-refractivity contribution in [3.63, 3.8) is 0 Å². The summed E-state index contributed by atoms with van der Waals surface area (Å²) in [5, 5.41) is 3.83. The first-order valence-corrected chi connectivity index (χ1v) is 9.04. The predicted octanol–water partition coefficient (Wildman–Crippen LogP) is 3.72. The van der Waals surface area contributed by atoms with Gasteiger partial charge in [0.25, 0.3) is 5.91 Å². The highest BCUT2D eigenvalue weighted by atomic mass is 19.1. The Labute approximate surface area is 164 Å². The first-order valence-electron chi connectivity index (χ1n) is 9.04. The van der Waals surface area contributed by atoms with Crippen LogP contribution >= 0.6 is 0 Å². The lowest BCUT2D eigenvalue weighted by molar-refractivity contribution is 0.0941. The lowest BCUT2D eigenvalue weighted by atomic mass is 10.0. The number of halogens is 1. The predicted molar refractivity (Wildman–Crippen MR) is 108 cm³/mol. The van der Waals surface area contributed by atoms with Gasteiger partial charge < -0.3 is 15.0 Å². The van der Waals surface area contributed by atoms with Crippen molar-refractivity contribution >= 4 is 16.8 Å². The second-order valence-electron chi connectivity index (χ2n) is 6.92. The van der Waals surface area contributed by atoms with Gasteiger partial charge >= 0.3 is 0 Å². The van der Waals surface area contributed by atoms with Gasteiger partial charge in [-0.05, 0) is 56.9 Å². The highest BCUT2D eigenvalue weighted by Crippen LogP contribution is 2.22. The number of aromatic nitrogens is 1. The first-order chi connectivity index (χ1) is 13.4. The van der Waals surface area contributed by atoms with Gasteiger partial charge in [-0.25, -0.2) is 4.39 Å². The van der Waals surface area contributed by atoms with Crippen molar-refractivity contribution in [1.29, 1.82) is 0 Å². The van der Waals surface area contributed by atoms with Gasteiger partial charge in [0.1, 0.15) is 11.6 Å². The molecule has 0 aliphatic carbocycles. The molecule has 2 aromatic carbocycles. The van der Waals surface area contributed by atoms with Crippen LogP contribution in [0.15, 0.2) is 48.5 Å². The summed E-state index contributed by atoms with van der Waals surface area (Å²) >= 11 is 0. The number of nitrogens with zero attached hydrogens (tertiary/aromatic N) is 2. The number of rotatable bonds is 6. The minimum Gasteiger partial charge on any atom is -0.497 e. The maximum absolute atomic E-state index is 13.6. The van der Waals surface area contributed by atoms with Crippen LogP contribution in [0.1, 0.15) is 27.7 Å². The smallest absolute Gasteiger partial charge is 0.253 e. The standard InChI is InChI=1S/C22H24FN3O2/c1-14-19(11-15-8-9-18(28-4)12-20(15)25-14)22(27)24-13-21(26(2)3)16-6-5-7-17(23)10-16/h5-12,21H,13H2,1-4H3,(H,24,27). The normalized spacial score (nSPS) is 12.2. The van der Waals surface area contributed by atoms with E-state index in [9.17, 15) is 9.18 Å². The number of carbonyl (C=O) groups excluding carboxylic acids is 1. The van der Waals surface area contributed by atoms with Gasteiger partial charge in [0.05, 0.1) is 29.9 Å². The second kappa shape index (κ2) is 8.35. The van der Waals surface area contributed by atoms with Crippen LogP contribution in [0.3, 0.4) is 0 Å². The molecule has 0 spiro atoms. The van der Waals surface area contributed by atoms with Crippen LogP contribution in [0, 0.1) is 12.7 Å². The Hall–Kier alpha value is -2.99. The van der Waals surface area contributed by atoms with Gasteiger partial charge in [0.2, 0.25) is 0 Å². The van der Waals surface area contributed by atoms with E-state index in [-0.39, 0.29) is 17.8 Å². The highest BCUT2D eigenvalue weighted by molar-refractivity contribution is 5.98. The van der Waals surface area contributed by atoms with Crippen LogP contribution in [0.2, 0.25) is 0 Å². The van der Waals surface area contributed by atoms with Crippen LogP contribution in [-0.2, 0) is 0 Å². The number of carbonyl (C=O) groups is 1. The fourth-order valence-corrected chi connectivity index (χ4v) is 3.20. The topological polar surface area (TPSA) is 54.5 Å². The molecule has 1 unspecified atom stereocenters. The van der Waals surface area contributed by atoms with E-state index in [4.69, 9.17) is 4.74 Å². The van der Waals surface area contributed by atoms with Crippen LogP contribution < -0.4 is 10.1 Å². The molecule has 0 aliphatic rings. The number of likely N-dealkylation sites (N-methyl/N-ethyl adjacent to an activating group) is 1. The maximum Gasteiger partial charge on any atom is 0.253 e. The Bertz CT molecular complexity index is 1000. The van der Waals surface area contributed by atoms with Gasteiger partial charge in [-0.1, -0.05) is 12.1 Å². The van der Waals surface area contributed by atoms with Crippen LogP contribution in [0.5, 0.6) is 5.75 Å². The molecule has 1 amide bonds. The van der Waals surface area contributed by atoms with E-state index in [0.29, 0.717) is 17.8 Å². The Morgan fingerprint density at radius 2 is 2.00 bits per heavy atom. The molecule has 1 atom stereocenters. The van der Waals surface area contributed by atoms with Gasteiger partial charge in [-0.2, -0.15) is 0 Å². The van der Waals surface area contributed by atoms with Gasteiger partial charge in [-0.3, -0.25) is 9.78 Å². The average Bonchev–Trinajstić information content (AvgIpc) is 2.66. The third-order valence-electron chi connectivity index (χ3n) is 4.77. The number of methoxy groups -OCH3 is 1. The third kappa shape index (κ3) is 4.28. The van der Waals surface area contributed by atoms with Crippen molar-refractivity contribution in [2.75, 3.05) is 27.7 Å². The molecular weight excluding hydrogens is 357 g/mol. The fourth-order valence-electron chi connectivity index (χ4n) is 3.20. The summed E-state index contributed by atoms with van der Waals surface area (Å²) < 4.78 is 18.8.